The molecule has 108 valence electrons. The number of rotatable bonds is 4. The molecule has 0 fully saturated rings. The van der Waals surface area contributed by atoms with Gasteiger partial charge in [-0.3, -0.25) is 5.43 Å². The van der Waals surface area contributed by atoms with Crippen LogP contribution < -0.4 is 11.2 Å². The molecule has 0 aromatic heterocycles. The molecule has 2 atom stereocenters. The van der Waals surface area contributed by atoms with Gasteiger partial charge in [-0.1, -0.05) is 53.7 Å². The standard InChI is InChI=1S/C15H16N4OS/c16-15(21)18-17-10-13(11-6-2-1-3-7-11)12-8-4-5-9-14(12)19-20/h1-10,12-13,20H,(H3,16,18,21). The van der Waals surface area contributed by atoms with Gasteiger partial charge in [-0.2, -0.15) is 5.10 Å². The van der Waals surface area contributed by atoms with Gasteiger partial charge in [0.25, 0.3) is 0 Å². The number of hydrazone groups is 1. The second kappa shape index (κ2) is 7.35. The van der Waals surface area contributed by atoms with Crippen molar-refractivity contribution in [2.24, 2.45) is 21.9 Å². The van der Waals surface area contributed by atoms with Gasteiger partial charge in [-0.05, 0) is 23.9 Å². The second-order valence-corrected chi connectivity index (χ2v) is 4.93. The second-order valence-electron chi connectivity index (χ2n) is 4.49. The molecule has 0 bridgehead atoms. The molecule has 4 N–H and O–H groups in total. The van der Waals surface area contributed by atoms with Gasteiger partial charge in [0.2, 0.25) is 0 Å². The Hall–Kier alpha value is -2.47. The van der Waals surface area contributed by atoms with E-state index in [1.165, 1.54) is 0 Å². The van der Waals surface area contributed by atoms with Gasteiger partial charge in [0.1, 0.15) is 0 Å². The van der Waals surface area contributed by atoms with Gasteiger partial charge in [0.15, 0.2) is 5.11 Å². The van der Waals surface area contributed by atoms with E-state index in [9.17, 15) is 5.21 Å². The van der Waals surface area contributed by atoms with Crippen molar-refractivity contribution >= 4 is 29.3 Å². The maximum absolute atomic E-state index is 9.17. The highest BCUT2D eigenvalue weighted by molar-refractivity contribution is 7.80. The number of benzene rings is 1. The zero-order valence-electron chi connectivity index (χ0n) is 11.3. The Balaban J connectivity index is 2.32. The average Bonchev–Trinajstić information content (AvgIpc) is 2.52. The Morgan fingerprint density at radius 3 is 2.76 bits per heavy atom. The van der Waals surface area contributed by atoms with E-state index in [1.54, 1.807) is 12.3 Å². The van der Waals surface area contributed by atoms with Crippen LogP contribution in [-0.2, 0) is 0 Å². The van der Waals surface area contributed by atoms with Crippen LogP contribution in [0.2, 0.25) is 0 Å². The zero-order valence-corrected chi connectivity index (χ0v) is 12.1. The number of nitrogens with one attached hydrogen (secondary N) is 1. The van der Waals surface area contributed by atoms with Gasteiger partial charge >= 0.3 is 0 Å². The van der Waals surface area contributed by atoms with Crippen LogP contribution in [0, 0.1) is 5.92 Å². The Labute approximate surface area is 128 Å². The Morgan fingerprint density at radius 2 is 2.10 bits per heavy atom. The van der Waals surface area contributed by atoms with E-state index in [2.05, 4.69) is 15.7 Å². The number of hydrogen-bond acceptors (Lipinski definition) is 4. The van der Waals surface area contributed by atoms with Crippen molar-refractivity contribution in [1.82, 2.24) is 5.43 Å². The van der Waals surface area contributed by atoms with Crippen LogP contribution in [0.1, 0.15) is 11.5 Å². The third kappa shape index (κ3) is 4.00. The lowest BCUT2D eigenvalue weighted by Crippen LogP contribution is -2.26. The van der Waals surface area contributed by atoms with Gasteiger partial charge in [0.05, 0.1) is 5.71 Å². The van der Waals surface area contributed by atoms with Gasteiger partial charge in [-0.25, -0.2) is 0 Å². The highest BCUT2D eigenvalue weighted by Crippen LogP contribution is 2.27. The van der Waals surface area contributed by atoms with Crippen LogP contribution in [0.25, 0.3) is 0 Å². The van der Waals surface area contributed by atoms with E-state index < -0.39 is 0 Å². The normalized spacial score (nSPS) is 20.8. The highest BCUT2D eigenvalue weighted by atomic mass is 32.1. The summed E-state index contributed by atoms with van der Waals surface area (Å²) in [4.78, 5) is 0. The molecule has 2 unspecified atom stereocenters. The first-order chi connectivity index (χ1) is 10.2. The van der Waals surface area contributed by atoms with Crippen LogP contribution in [0.15, 0.2) is 64.9 Å². The van der Waals surface area contributed by atoms with Crippen molar-refractivity contribution in [2.45, 2.75) is 5.92 Å². The summed E-state index contributed by atoms with van der Waals surface area (Å²) in [7, 11) is 0. The fraction of sp³-hybridized carbons (Fsp3) is 0.133. The average molecular weight is 300 g/mol. The first kappa shape index (κ1) is 14.9. The zero-order chi connectivity index (χ0) is 15.1. The molecule has 2 rings (SSSR count). The Bertz CT molecular complexity index is 607. The van der Waals surface area contributed by atoms with Gasteiger partial charge in [0, 0.05) is 18.1 Å². The maximum atomic E-state index is 9.17. The predicted molar refractivity (Wildman–Crippen MR) is 88.6 cm³/mol. The number of thiocarbonyl (C=S) groups is 1. The molecule has 0 heterocycles. The highest BCUT2D eigenvalue weighted by Gasteiger charge is 2.25. The van der Waals surface area contributed by atoms with Gasteiger partial charge in [-0.15, -0.1) is 0 Å². The maximum Gasteiger partial charge on any atom is 0.184 e. The third-order valence-electron chi connectivity index (χ3n) is 3.13. The molecule has 5 nitrogen and oxygen atoms in total. The van der Waals surface area contributed by atoms with Crippen LogP contribution in [0.3, 0.4) is 0 Å². The first-order valence-electron chi connectivity index (χ1n) is 6.42. The first-order valence-corrected chi connectivity index (χ1v) is 6.83. The minimum Gasteiger partial charge on any atom is -0.411 e. The molecule has 1 aromatic rings. The Morgan fingerprint density at radius 1 is 1.33 bits per heavy atom. The molecule has 1 aliphatic rings. The molecule has 0 saturated carbocycles. The largest absolute Gasteiger partial charge is 0.411 e. The number of nitrogens with two attached hydrogens (primary N) is 1. The monoisotopic (exact) mass is 300 g/mol. The lowest BCUT2D eigenvalue weighted by atomic mass is 9.82. The van der Waals surface area contributed by atoms with E-state index in [0.717, 1.165) is 5.56 Å². The van der Waals surface area contributed by atoms with Crippen molar-refractivity contribution in [1.29, 1.82) is 0 Å². The lowest BCUT2D eigenvalue weighted by Gasteiger charge is -2.22. The van der Waals surface area contributed by atoms with Crippen LogP contribution >= 0.6 is 12.2 Å². The van der Waals surface area contributed by atoms with Gasteiger partial charge < -0.3 is 10.9 Å². The molecule has 1 aromatic carbocycles. The predicted octanol–water partition coefficient (Wildman–Crippen LogP) is 2.16. The summed E-state index contributed by atoms with van der Waals surface area (Å²) >= 11 is 4.73. The molecular weight excluding hydrogens is 284 g/mol. The Kier molecular flexibility index (Phi) is 5.22. The van der Waals surface area contributed by atoms with Crippen LogP contribution in [0.4, 0.5) is 0 Å². The number of hydrogen-bond donors (Lipinski definition) is 3. The molecule has 0 amide bonds. The summed E-state index contributed by atoms with van der Waals surface area (Å²) in [5.41, 5.74) is 9.55. The quantitative estimate of drug-likeness (QED) is 0.344. The summed E-state index contributed by atoms with van der Waals surface area (Å²) in [6.45, 7) is 0. The number of nitrogens with zero attached hydrogens (tertiary/aromatic N) is 2. The molecule has 0 saturated heterocycles. The summed E-state index contributed by atoms with van der Waals surface area (Å²) in [5, 5.41) is 16.7. The van der Waals surface area contributed by atoms with Crippen molar-refractivity contribution < 1.29 is 5.21 Å². The molecule has 0 spiro atoms. The molecule has 6 heteroatoms. The molecule has 0 radical (unpaired) electrons. The fourth-order valence-corrected chi connectivity index (χ4v) is 2.25. The third-order valence-corrected chi connectivity index (χ3v) is 3.23. The number of oxime groups is 1. The topological polar surface area (TPSA) is 83.0 Å². The van der Waals surface area contributed by atoms with Crippen LogP contribution in [-0.4, -0.2) is 22.2 Å². The minimum atomic E-state index is -0.112. The minimum absolute atomic E-state index is 0.0971. The van der Waals surface area contributed by atoms with Crippen molar-refractivity contribution in [2.75, 3.05) is 0 Å². The lowest BCUT2D eigenvalue weighted by molar-refractivity contribution is 0.316. The smallest absolute Gasteiger partial charge is 0.184 e. The summed E-state index contributed by atoms with van der Waals surface area (Å²) in [6.07, 6.45) is 9.21. The van der Waals surface area contributed by atoms with E-state index in [1.807, 2.05) is 48.6 Å². The van der Waals surface area contributed by atoms with E-state index in [4.69, 9.17) is 18.0 Å². The molecule has 1 aliphatic carbocycles. The van der Waals surface area contributed by atoms with E-state index in [0.29, 0.717) is 5.71 Å². The molecule has 21 heavy (non-hydrogen) atoms. The van der Waals surface area contributed by atoms with E-state index in [-0.39, 0.29) is 16.9 Å². The van der Waals surface area contributed by atoms with Crippen molar-refractivity contribution in [3.63, 3.8) is 0 Å². The molecule has 0 aliphatic heterocycles. The number of allylic oxidation sites excluding steroid dienone is 4. The SMILES string of the molecule is NC(=S)NN=CC(c1ccccc1)C1C=CC=CC1=NO. The van der Waals surface area contributed by atoms with Crippen molar-refractivity contribution in [3.05, 3.63) is 60.2 Å². The summed E-state index contributed by atoms with van der Waals surface area (Å²) in [5.74, 6) is -0.209. The van der Waals surface area contributed by atoms with Crippen molar-refractivity contribution in [3.8, 4) is 0 Å². The fourth-order valence-electron chi connectivity index (χ4n) is 2.19. The van der Waals surface area contributed by atoms with E-state index >= 15 is 0 Å². The summed E-state index contributed by atoms with van der Waals surface area (Å²) < 4.78 is 0. The van der Waals surface area contributed by atoms with Crippen LogP contribution in [0.5, 0.6) is 0 Å². The molecular formula is C15H16N4OS. The summed E-state index contributed by atoms with van der Waals surface area (Å²) in [6, 6.07) is 9.85.